The van der Waals surface area contributed by atoms with Crippen molar-refractivity contribution in [2.75, 3.05) is 33.9 Å². The van der Waals surface area contributed by atoms with Crippen LogP contribution in [0.1, 0.15) is 18.4 Å². The van der Waals surface area contributed by atoms with Crippen molar-refractivity contribution in [3.8, 4) is 0 Å². The van der Waals surface area contributed by atoms with Gasteiger partial charge in [-0.2, -0.15) is 0 Å². The molecule has 1 aliphatic rings. The summed E-state index contributed by atoms with van der Waals surface area (Å²) in [5.74, 6) is 0.144. The second kappa shape index (κ2) is 8.73. The van der Waals surface area contributed by atoms with Crippen molar-refractivity contribution in [1.29, 1.82) is 0 Å². The first-order valence-electron chi connectivity index (χ1n) is 7.28. The highest BCUT2D eigenvalue weighted by molar-refractivity contribution is 6.31. The topological polar surface area (TPSA) is 41.6 Å². The third-order valence-corrected chi connectivity index (χ3v) is 4.52. The van der Waals surface area contributed by atoms with Gasteiger partial charge in [-0.3, -0.25) is 4.79 Å². The van der Waals surface area contributed by atoms with Crippen molar-refractivity contribution in [2.24, 2.45) is 5.41 Å². The average Bonchev–Trinajstić information content (AvgIpc) is 2.50. The minimum absolute atomic E-state index is 0. The predicted octanol–water partition coefficient (Wildman–Crippen LogP) is 2.74. The Balaban J connectivity index is 0.00000242. The molecule has 0 bridgehead atoms. The summed E-state index contributed by atoms with van der Waals surface area (Å²) in [6.07, 6.45) is 1.62. The second-order valence-electron chi connectivity index (χ2n) is 5.72. The summed E-state index contributed by atoms with van der Waals surface area (Å²) in [4.78, 5) is 14.7. The zero-order valence-corrected chi connectivity index (χ0v) is 14.7. The Bertz CT molecular complexity index is 485. The van der Waals surface area contributed by atoms with E-state index in [-0.39, 0.29) is 18.3 Å². The van der Waals surface area contributed by atoms with Gasteiger partial charge in [0.25, 0.3) is 0 Å². The lowest BCUT2D eigenvalue weighted by Crippen LogP contribution is -2.50. The number of nitrogens with one attached hydrogen (secondary N) is 1. The summed E-state index contributed by atoms with van der Waals surface area (Å²) < 4.78 is 5.33. The van der Waals surface area contributed by atoms with E-state index >= 15 is 0 Å². The van der Waals surface area contributed by atoms with Crippen molar-refractivity contribution in [2.45, 2.75) is 19.4 Å². The van der Waals surface area contributed by atoms with Crippen LogP contribution < -0.4 is 5.32 Å². The number of hydrogen-bond acceptors (Lipinski definition) is 3. The van der Waals surface area contributed by atoms with Crippen molar-refractivity contribution in [3.63, 3.8) is 0 Å². The van der Waals surface area contributed by atoms with Gasteiger partial charge in [0.1, 0.15) is 0 Å². The Morgan fingerprint density at radius 2 is 2.00 bits per heavy atom. The fourth-order valence-corrected chi connectivity index (χ4v) is 3.16. The Morgan fingerprint density at radius 1 is 1.36 bits per heavy atom. The van der Waals surface area contributed by atoms with Crippen molar-refractivity contribution < 1.29 is 9.53 Å². The number of halogens is 2. The normalized spacial score (nSPS) is 16.7. The fourth-order valence-electron chi connectivity index (χ4n) is 2.96. The molecule has 4 nitrogen and oxygen atoms in total. The van der Waals surface area contributed by atoms with Crippen LogP contribution in [-0.2, 0) is 16.1 Å². The van der Waals surface area contributed by atoms with E-state index in [4.69, 9.17) is 16.3 Å². The summed E-state index contributed by atoms with van der Waals surface area (Å²) in [6.45, 7) is 2.71. The van der Waals surface area contributed by atoms with Gasteiger partial charge in [-0.15, -0.1) is 12.4 Å². The molecule has 1 fully saturated rings. The van der Waals surface area contributed by atoms with Gasteiger partial charge in [0.15, 0.2) is 0 Å². The van der Waals surface area contributed by atoms with E-state index in [9.17, 15) is 4.79 Å². The highest BCUT2D eigenvalue weighted by atomic mass is 35.5. The van der Waals surface area contributed by atoms with E-state index < -0.39 is 5.41 Å². The summed E-state index contributed by atoms with van der Waals surface area (Å²) in [7, 11) is 3.50. The smallest absolute Gasteiger partial charge is 0.231 e. The zero-order valence-electron chi connectivity index (χ0n) is 13.1. The average molecular weight is 347 g/mol. The molecular weight excluding hydrogens is 323 g/mol. The fraction of sp³-hybridized carbons (Fsp3) is 0.562. The summed E-state index contributed by atoms with van der Waals surface area (Å²) in [5, 5.41) is 4.00. The lowest BCUT2D eigenvalue weighted by molar-refractivity contribution is -0.146. The van der Waals surface area contributed by atoms with E-state index in [1.165, 1.54) is 0 Å². The van der Waals surface area contributed by atoms with E-state index in [0.717, 1.165) is 31.5 Å². The molecular formula is C16H24Cl2N2O2. The molecule has 0 aliphatic carbocycles. The van der Waals surface area contributed by atoms with Gasteiger partial charge < -0.3 is 15.0 Å². The standard InChI is InChI=1S/C16H23ClN2O2.ClH/c1-19(11-13-5-3-4-6-14(13)17)15(20)16(12-21-2)7-9-18-10-8-16;/h3-6,18H,7-12H2,1-2H3;1H. The molecule has 6 heteroatoms. The number of benzene rings is 1. The molecule has 2 rings (SSSR count). The summed E-state index contributed by atoms with van der Waals surface area (Å²) in [5.41, 5.74) is 0.562. The molecule has 0 spiro atoms. The number of nitrogens with zero attached hydrogens (tertiary/aromatic N) is 1. The monoisotopic (exact) mass is 346 g/mol. The lowest BCUT2D eigenvalue weighted by Gasteiger charge is -2.38. The van der Waals surface area contributed by atoms with E-state index in [1.807, 2.05) is 31.3 Å². The Kier molecular flexibility index (Phi) is 7.63. The largest absolute Gasteiger partial charge is 0.384 e. The maximum absolute atomic E-state index is 12.9. The third-order valence-electron chi connectivity index (χ3n) is 4.15. The van der Waals surface area contributed by atoms with Crippen LogP contribution >= 0.6 is 24.0 Å². The predicted molar refractivity (Wildman–Crippen MR) is 91.6 cm³/mol. The quantitative estimate of drug-likeness (QED) is 0.891. The number of rotatable bonds is 5. The molecule has 0 aromatic heterocycles. The number of carbonyl (C=O) groups excluding carboxylic acids is 1. The maximum Gasteiger partial charge on any atom is 0.231 e. The molecule has 124 valence electrons. The molecule has 1 saturated heterocycles. The zero-order chi connectivity index (χ0) is 15.3. The molecule has 1 aromatic carbocycles. The molecule has 1 aromatic rings. The molecule has 0 atom stereocenters. The minimum Gasteiger partial charge on any atom is -0.384 e. The maximum atomic E-state index is 12.9. The van der Waals surface area contributed by atoms with Gasteiger partial charge in [-0.05, 0) is 37.6 Å². The highest BCUT2D eigenvalue weighted by Crippen LogP contribution is 2.32. The molecule has 0 saturated carbocycles. The van der Waals surface area contributed by atoms with Crippen LogP contribution in [0.3, 0.4) is 0 Å². The van der Waals surface area contributed by atoms with Crippen LogP contribution in [0.4, 0.5) is 0 Å². The Hall–Kier alpha value is -0.810. The summed E-state index contributed by atoms with van der Waals surface area (Å²) >= 11 is 6.18. The van der Waals surface area contributed by atoms with Crippen LogP contribution in [0.2, 0.25) is 5.02 Å². The van der Waals surface area contributed by atoms with Crippen LogP contribution in [-0.4, -0.2) is 44.7 Å². The second-order valence-corrected chi connectivity index (χ2v) is 6.12. The van der Waals surface area contributed by atoms with Gasteiger partial charge in [-0.1, -0.05) is 29.8 Å². The number of methoxy groups -OCH3 is 1. The van der Waals surface area contributed by atoms with Gasteiger partial charge in [-0.25, -0.2) is 0 Å². The highest BCUT2D eigenvalue weighted by Gasteiger charge is 2.41. The molecule has 1 heterocycles. The third kappa shape index (κ3) is 4.35. The first-order chi connectivity index (χ1) is 10.1. The van der Waals surface area contributed by atoms with Crippen molar-refractivity contribution in [1.82, 2.24) is 10.2 Å². The molecule has 1 N–H and O–H groups in total. The number of amides is 1. The first-order valence-corrected chi connectivity index (χ1v) is 7.65. The van der Waals surface area contributed by atoms with E-state index in [2.05, 4.69) is 5.32 Å². The van der Waals surface area contributed by atoms with Gasteiger partial charge in [0.2, 0.25) is 5.91 Å². The van der Waals surface area contributed by atoms with Crippen molar-refractivity contribution in [3.05, 3.63) is 34.9 Å². The van der Waals surface area contributed by atoms with Crippen LogP contribution in [0.5, 0.6) is 0 Å². The van der Waals surface area contributed by atoms with E-state index in [0.29, 0.717) is 18.2 Å². The van der Waals surface area contributed by atoms with E-state index in [1.54, 1.807) is 12.0 Å². The van der Waals surface area contributed by atoms with Crippen molar-refractivity contribution >= 4 is 29.9 Å². The Labute approximate surface area is 143 Å². The first kappa shape index (κ1) is 19.2. The number of ether oxygens (including phenoxy) is 1. The number of carbonyl (C=O) groups is 1. The molecule has 1 amide bonds. The van der Waals surface area contributed by atoms with Gasteiger partial charge in [0.05, 0.1) is 12.0 Å². The minimum atomic E-state index is -0.407. The van der Waals surface area contributed by atoms with Crippen LogP contribution in [0.15, 0.2) is 24.3 Å². The molecule has 22 heavy (non-hydrogen) atoms. The molecule has 0 unspecified atom stereocenters. The number of piperidine rings is 1. The van der Waals surface area contributed by atoms with Gasteiger partial charge >= 0.3 is 0 Å². The number of hydrogen-bond donors (Lipinski definition) is 1. The lowest BCUT2D eigenvalue weighted by atomic mass is 9.78. The molecule has 1 aliphatic heterocycles. The Morgan fingerprint density at radius 3 is 2.59 bits per heavy atom. The van der Waals surface area contributed by atoms with Crippen LogP contribution in [0, 0.1) is 5.41 Å². The molecule has 0 radical (unpaired) electrons. The summed E-state index contributed by atoms with van der Waals surface area (Å²) in [6, 6.07) is 7.64. The SMILES string of the molecule is COCC1(C(=O)N(C)Cc2ccccc2Cl)CCNCC1.Cl. The van der Waals surface area contributed by atoms with Gasteiger partial charge in [0, 0.05) is 25.7 Å². The van der Waals surface area contributed by atoms with Crippen LogP contribution in [0.25, 0.3) is 0 Å².